The van der Waals surface area contributed by atoms with Gasteiger partial charge in [0.2, 0.25) is 0 Å². The fourth-order valence-electron chi connectivity index (χ4n) is 1.80. The zero-order valence-corrected chi connectivity index (χ0v) is 8.06. The summed E-state index contributed by atoms with van der Waals surface area (Å²) < 4.78 is 0. The fourth-order valence-corrected chi connectivity index (χ4v) is 1.80. The highest BCUT2D eigenvalue weighted by Crippen LogP contribution is 2.29. The maximum Gasteiger partial charge on any atom is -0.0260 e. The van der Waals surface area contributed by atoms with E-state index in [1.165, 1.54) is 25.7 Å². The first-order chi connectivity index (χ1) is 5.24. The van der Waals surface area contributed by atoms with E-state index >= 15 is 0 Å². The molecule has 1 aliphatic carbocycles. The Morgan fingerprint density at radius 2 is 2.27 bits per heavy atom. The first-order valence-corrected chi connectivity index (χ1v) is 4.93. The van der Waals surface area contributed by atoms with Crippen LogP contribution in [-0.4, -0.2) is 0 Å². The van der Waals surface area contributed by atoms with Gasteiger partial charge in [-0.3, -0.25) is 0 Å². The number of hydrogen-bond donors (Lipinski definition) is 0. The van der Waals surface area contributed by atoms with E-state index in [0.717, 1.165) is 11.8 Å². The Kier molecular flexibility index (Phi) is 3.16. The van der Waals surface area contributed by atoms with Crippen molar-refractivity contribution in [2.75, 3.05) is 0 Å². The monoisotopic (exact) mass is 152 g/mol. The van der Waals surface area contributed by atoms with Gasteiger partial charge in [0.1, 0.15) is 0 Å². The molecule has 0 N–H and O–H groups in total. The fraction of sp³-hybridized carbons (Fsp3) is 0.818. The maximum atomic E-state index is 2.47. The van der Waals surface area contributed by atoms with Gasteiger partial charge in [-0.05, 0) is 31.1 Å². The van der Waals surface area contributed by atoms with Crippen LogP contribution in [0.2, 0.25) is 0 Å². The van der Waals surface area contributed by atoms with Gasteiger partial charge in [-0.2, -0.15) is 0 Å². The first kappa shape index (κ1) is 8.83. The molecule has 11 heavy (non-hydrogen) atoms. The number of rotatable bonds is 2. The molecule has 1 aliphatic rings. The van der Waals surface area contributed by atoms with E-state index < -0.39 is 0 Å². The standard InChI is InChI=1S/C11H20/c1-4-10-5-7-11(8-6-10)9(2)3/h7,9-10H,4-6,8H2,1-3H3. The summed E-state index contributed by atoms with van der Waals surface area (Å²) in [7, 11) is 0. The highest BCUT2D eigenvalue weighted by Gasteiger charge is 2.13. The molecule has 0 heterocycles. The lowest BCUT2D eigenvalue weighted by Crippen LogP contribution is -2.07. The van der Waals surface area contributed by atoms with E-state index in [0.29, 0.717) is 0 Å². The summed E-state index contributed by atoms with van der Waals surface area (Å²) >= 11 is 0. The second-order valence-electron chi connectivity index (χ2n) is 3.98. The molecular weight excluding hydrogens is 132 g/mol. The Morgan fingerprint density at radius 3 is 2.64 bits per heavy atom. The normalized spacial score (nSPS) is 25.5. The predicted molar refractivity (Wildman–Crippen MR) is 50.6 cm³/mol. The van der Waals surface area contributed by atoms with Crippen LogP contribution in [0.5, 0.6) is 0 Å². The zero-order chi connectivity index (χ0) is 8.27. The molecule has 0 aromatic heterocycles. The van der Waals surface area contributed by atoms with Crippen molar-refractivity contribution in [3.8, 4) is 0 Å². The Labute approximate surface area is 70.7 Å². The molecule has 0 heteroatoms. The average Bonchev–Trinajstić information content (AvgIpc) is 2.05. The molecule has 64 valence electrons. The van der Waals surface area contributed by atoms with E-state index in [4.69, 9.17) is 0 Å². The molecule has 0 saturated carbocycles. The minimum atomic E-state index is 0.785. The van der Waals surface area contributed by atoms with Gasteiger partial charge in [-0.1, -0.05) is 38.8 Å². The minimum Gasteiger partial charge on any atom is -0.0848 e. The van der Waals surface area contributed by atoms with Crippen molar-refractivity contribution in [3.05, 3.63) is 11.6 Å². The van der Waals surface area contributed by atoms with Crippen LogP contribution in [0, 0.1) is 11.8 Å². The van der Waals surface area contributed by atoms with Gasteiger partial charge in [0.25, 0.3) is 0 Å². The van der Waals surface area contributed by atoms with Crippen LogP contribution in [-0.2, 0) is 0 Å². The van der Waals surface area contributed by atoms with Crippen LogP contribution in [0.15, 0.2) is 11.6 Å². The molecule has 0 saturated heterocycles. The molecular formula is C11H20. The summed E-state index contributed by atoms with van der Waals surface area (Å²) in [6.07, 6.45) is 7.96. The van der Waals surface area contributed by atoms with Crippen LogP contribution in [0.4, 0.5) is 0 Å². The highest BCUT2D eigenvalue weighted by atomic mass is 14.2. The van der Waals surface area contributed by atoms with Gasteiger partial charge in [0.05, 0.1) is 0 Å². The maximum absolute atomic E-state index is 2.47. The van der Waals surface area contributed by atoms with Crippen LogP contribution in [0.3, 0.4) is 0 Å². The molecule has 1 unspecified atom stereocenters. The van der Waals surface area contributed by atoms with E-state index in [1.807, 2.05) is 0 Å². The summed E-state index contributed by atoms with van der Waals surface area (Å²) in [5.74, 6) is 1.77. The molecule has 0 radical (unpaired) electrons. The lowest BCUT2D eigenvalue weighted by atomic mass is 9.84. The lowest BCUT2D eigenvalue weighted by Gasteiger charge is -2.22. The predicted octanol–water partition coefficient (Wildman–Crippen LogP) is 3.78. The molecule has 0 fully saturated rings. The SMILES string of the molecule is CCC1CC=C(C(C)C)CC1. The van der Waals surface area contributed by atoms with Crippen molar-refractivity contribution in [2.45, 2.75) is 46.5 Å². The highest BCUT2D eigenvalue weighted by molar-refractivity contribution is 5.08. The topological polar surface area (TPSA) is 0 Å². The van der Waals surface area contributed by atoms with E-state index in [9.17, 15) is 0 Å². The molecule has 0 spiro atoms. The quantitative estimate of drug-likeness (QED) is 0.528. The largest absolute Gasteiger partial charge is 0.0848 e. The van der Waals surface area contributed by atoms with Gasteiger partial charge >= 0.3 is 0 Å². The Hall–Kier alpha value is -0.260. The van der Waals surface area contributed by atoms with Gasteiger partial charge in [0, 0.05) is 0 Å². The molecule has 0 bridgehead atoms. The summed E-state index contributed by atoms with van der Waals surface area (Å²) in [5.41, 5.74) is 1.69. The van der Waals surface area contributed by atoms with Crippen molar-refractivity contribution in [2.24, 2.45) is 11.8 Å². The Morgan fingerprint density at radius 1 is 1.55 bits per heavy atom. The zero-order valence-electron chi connectivity index (χ0n) is 8.06. The molecule has 0 aliphatic heterocycles. The third-order valence-corrected chi connectivity index (χ3v) is 2.87. The molecule has 0 nitrogen and oxygen atoms in total. The van der Waals surface area contributed by atoms with Gasteiger partial charge in [0.15, 0.2) is 0 Å². The second-order valence-corrected chi connectivity index (χ2v) is 3.98. The van der Waals surface area contributed by atoms with E-state index in [1.54, 1.807) is 5.57 Å². The molecule has 0 aromatic rings. The average molecular weight is 152 g/mol. The van der Waals surface area contributed by atoms with Crippen LogP contribution in [0.25, 0.3) is 0 Å². The third kappa shape index (κ3) is 2.36. The lowest BCUT2D eigenvalue weighted by molar-refractivity contribution is 0.441. The minimum absolute atomic E-state index is 0.785. The van der Waals surface area contributed by atoms with Gasteiger partial charge < -0.3 is 0 Å². The molecule has 1 atom stereocenters. The van der Waals surface area contributed by atoms with E-state index in [-0.39, 0.29) is 0 Å². The van der Waals surface area contributed by atoms with Gasteiger partial charge in [-0.15, -0.1) is 0 Å². The number of allylic oxidation sites excluding steroid dienone is 2. The molecule has 1 rings (SSSR count). The number of hydrogen-bond acceptors (Lipinski definition) is 0. The summed E-state index contributed by atoms with van der Waals surface area (Å²) in [4.78, 5) is 0. The van der Waals surface area contributed by atoms with Gasteiger partial charge in [-0.25, -0.2) is 0 Å². The summed E-state index contributed by atoms with van der Waals surface area (Å²) in [6, 6.07) is 0. The van der Waals surface area contributed by atoms with Crippen molar-refractivity contribution < 1.29 is 0 Å². The van der Waals surface area contributed by atoms with Crippen molar-refractivity contribution >= 4 is 0 Å². The second kappa shape index (κ2) is 3.94. The van der Waals surface area contributed by atoms with E-state index in [2.05, 4.69) is 26.8 Å². The van der Waals surface area contributed by atoms with Crippen molar-refractivity contribution in [1.29, 1.82) is 0 Å². The van der Waals surface area contributed by atoms with Crippen LogP contribution >= 0.6 is 0 Å². The molecule has 0 amide bonds. The first-order valence-electron chi connectivity index (χ1n) is 4.93. The van der Waals surface area contributed by atoms with Crippen LogP contribution < -0.4 is 0 Å². The smallest absolute Gasteiger partial charge is 0.0260 e. The third-order valence-electron chi connectivity index (χ3n) is 2.87. The Balaban J connectivity index is 2.44. The van der Waals surface area contributed by atoms with Crippen molar-refractivity contribution in [1.82, 2.24) is 0 Å². The van der Waals surface area contributed by atoms with Crippen molar-refractivity contribution in [3.63, 3.8) is 0 Å². The van der Waals surface area contributed by atoms with Crippen LogP contribution in [0.1, 0.15) is 46.5 Å². The summed E-state index contributed by atoms with van der Waals surface area (Å²) in [5, 5.41) is 0. The molecule has 0 aromatic carbocycles. The Bertz CT molecular complexity index is 142. The summed E-state index contributed by atoms with van der Waals surface area (Å²) in [6.45, 7) is 6.91.